The van der Waals surface area contributed by atoms with Crippen LogP contribution in [0.5, 0.6) is 0 Å². The first-order valence-corrected chi connectivity index (χ1v) is 9.03. The lowest BCUT2D eigenvalue weighted by molar-refractivity contribution is 0.404. The van der Waals surface area contributed by atoms with Gasteiger partial charge in [-0.2, -0.15) is 5.10 Å². The Morgan fingerprint density at radius 3 is 2.52 bits per heavy atom. The predicted molar refractivity (Wildman–Crippen MR) is 85.3 cm³/mol. The smallest absolute Gasteiger partial charge is 0.0850 e. The second-order valence-electron chi connectivity index (χ2n) is 7.31. The van der Waals surface area contributed by atoms with Crippen molar-refractivity contribution in [3.05, 3.63) is 16.4 Å². The van der Waals surface area contributed by atoms with E-state index in [1.54, 1.807) is 0 Å². The number of aromatic nitrogens is 2. The first kappa shape index (κ1) is 14.1. The highest BCUT2D eigenvalue weighted by Gasteiger charge is 2.66. The van der Waals surface area contributed by atoms with Crippen molar-refractivity contribution in [2.45, 2.75) is 58.5 Å². The minimum Gasteiger partial charge on any atom is -0.327 e. The van der Waals surface area contributed by atoms with E-state index in [-0.39, 0.29) is 6.04 Å². The highest BCUT2D eigenvalue weighted by Crippen LogP contribution is 2.70. The van der Waals surface area contributed by atoms with E-state index in [9.17, 15) is 0 Å². The van der Waals surface area contributed by atoms with E-state index in [4.69, 9.17) is 17.3 Å². The van der Waals surface area contributed by atoms with Crippen LogP contribution < -0.4 is 5.73 Å². The van der Waals surface area contributed by atoms with Crippen molar-refractivity contribution in [3.8, 4) is 0 Å². The molecule has 5 unspecified atom stereocenters. The van der Waals surface area contributed by atoms with Gasteiger partial charge in [0.15, 0.2) is 0 Å². The maximum Gasteiger partial charge on any atom is 0.0850 e. The van der Waals surface area contributed by atoms with Gasteiger partial charge in [-0.1, -0.05) is 18.5 Å². The van der Waals surface area contributed by atoms with Gasteiger partial charge in [0, 0.05) is 19.0 Å². The Bertz CT molecular complexity index is 536. The highest BCUT2D eigenvalue weighted by atomic mass is 35.5. The van der Waals surface area contributed by atoms with Crippen LogP contribution in [0.25, 0.3) is 0 Å². The molecule has 0 aromatic carbocycles. The molecule has 2 bridgehead atoms. The summed E-state index contributed by atoms with van der Waals surface area (Å²) in [7, 11) is 0. The summed E-state index contributed by atoms with van der Waals surface area (Å²) in [5.74, 6) is 4.64. The van der Waals surface area contributed by atoms with E-state index in [1.807, 2.05) is 0 Å². The summed E-state index contributed by atoms with van der Waals surface area (Å²) < 4.78 is 2.06. The lowest BCUT2D eigenvalue weighted by Crippen LogP contribution is -2.29. The van der Waals surface area contributed by atoms with Gasteiger partial charge in [0.1, 0.15) is 0 Å². The Balaban J connectivity index is 1.51. The molecule has 4 heteroatoms. The molecule has 0 aliphatic heterocycles. The molecule has 1 aromatic heterocycles. The standard InChI is InChI=1S/C17H26ClN3/c1-3-12-17(18)13(21(4-2)20-12)8-11(19)16-14-9-5-6-10(7-9)15(14)16/h9-11,14-16H,3-8,19H2,1-2H3. The van der Waals surface area contributed by atoms with Crippen LogP contribution in [0.2, 0.25) is 5.02 Å². The monoisotopic (exact) mass is 307 g/mol. The third kappa shape index (κ3) is 2.00. The largest absolute Gasteiger partial charge is 0.327 e. The van der Waals surface area contributed by atoms with Crippen LogP contribution in [-0.4, -0.2) is 15.8 Å². The number of rotatable bonds is 5. The molecular weight excluding hydrogens is 282 g/mol. The molecule has 4 rings (SSSR count). The summed E-state index contributed by atoms with van der Waals surface area (Å²) in [6.07, 6.45) is 6.21. The summed E-state index contributed by atoms with van der Waals surface area (Å²) in [6, 6.07) is 0.271. The van der Waals surface area contributed by atoms with Gasteiger partial charge in [-0.3, -0.25) is 4.68 Å². The molecular formula is C17H26ClN3. The second kappa shape index (κ2) is 4.99. The Hall–Kier alpha value is -0.540. The molecule has 0 spiro atoms. The molecule has 3 aliphatic rings. The zero-order valence-corrected chi connectivity index (χ0v) is 13.8. The average Bonchev–Trinajstić information content (AvgIpc) is 2.78. The molecule has 3 aliphatic carbocycles. The number of nitrogens with zero attached hydrogens (tertiary/aromatic N) is 2. The molecule has 5 atom stereocenters. The van der Waals surface area contributed by atoms with Crippen LogP contribution in [0, 0.1) is 29.6 Å². The van der Waals surface area contributed by atoms with Crippen molar-refractivity contribution in [2.24, 2.45) is 35.3 Å². The van der Waals surface area contributed by atoms with Gasteiger partial charge >= 0.3 is 0 Å². The van der Waals surface area contributed by atoms with Crippen molar-refractivity contribution in [3.63, 3.8) is 0 Å². The molecule has 3 nitrogen and oxygen atoms in total. The van der Waals surface area contributed by atoms with Gasteiger partial charge in [-0.05, 0) is 62.2 Å². The van der Waals surface area contributed by atoms with E-state index in [0.29, 0.717) is 0 Å². The normalized spacial score (nSPS) is 37.8. The number of halogens is 1. The third-order valence-electron chi connectivity index (χ3n) is 6.41. The molecule has 116 valence electrons. The number of hydrogen-bond donors (Lipinski definition) is 1. The summed E-state index contributed by atoms with van der Waals surface area (Å²) >= 11 is 6.53. The van der Waals surface area contributed by atoms with E-state index < -0.39 is 0 Å². The van der Waals surface area contributed by atoms with Crippen molar-refractivity contribution >= 4 is 11.6 Å². The molecule has 3 fully saturated rings. The molecule has 2 N–H and O–H groups in total. The quantitative estimate of drug-likeness (QED) is 0.907. The summed E-state index contributed by atoms with van der Waals surface area (Å²) in [5, 5.41) is 5.49. The van der Waals surface area contributed by atoms with Gasteiger partial charge < -0.3 is 5.73 Å². The number of aryl methyl sites for hydroxylation is 2. The topological polar surface area (TPSA) is 43.8 Å². The molecule has 1 aromatic rings. The lowest BCUT2D eigenvalue weighted by atomic mass is 9.95. The summed E-state index contributed by atoms with van der Waals surface area (Å²) in [4.78, 5) is 0. The van der Waals surface area contributed by atoms with Crippen LogP contribution in [-0.2, 0) is 19.4 Å². The van der Waals surface area contributed by atoms with E-state index >= 15 is 0 Å². The lowest BCUT2D eigenvalue weighted by Gasteiger charge is -2.17. The summed E-state index contributed by atoms with van der Waals surface area (Å²) in [6.45, 7) is 5.12. The Morgan fingerprint density at radius 2 is 1.95 bits per heavy atom. The minimum atomic E-state index is 0.271. The van der Waals surface area contributed by atoms with E-state index in [2.05, 4.69) is 23.6 Å². The summed E-state index contributed by atoms with van der Waals surface area (Å²) in [5.41, 5.74) is 8.79. The Morgan fingerprint density at radius 1 is 1.29 bits per heavy atom. The van der Waals surface area contributed by atoms with Crippen LogP contribution in [0.1, 0.15) is 44.5 Å². The van der Waals surface area contributed by atoms with Crippen molar-refractivity contribution in [1.82, 2.24) is 9.78 Å². The molecule has 0 saturated heterocycles. The zero-order chi connectivity index (χ0) is 14.7. The average molecular weight is 308 g/mol. The fourth-order valence-corrected chi connectivity index (χ4v) is 5.88. The van der Waals surface area contributed by atoms with Crippen LogP contribution >= 0.6 is 11.6 Å². The predicted octanol–water partition coefficient (Wildman–Crippen LogP) is 3.28. The third-order valence-corrected chi connectivity index (χ3v) is 6.85. The van der Waals surface area contributed by atoms with Crippen molar-refractivity contribution < 1.29 is 0 Å². The van der Waals surface area contributed by atoms with Gasteiger partial charge in [0.05, 0.1) is 16.4 Å². The van der Waals surface area contributed by atoms with Gasteiger partial charge in [-0.25, -0.2) is 0 Å². The molecule has 1 heterocycles. The fraction of sp³-hybridized carbons (Fsp3) is 0.824. The Kier molecular flexibility index (Phi) is 3.34. The van der Waals surface area contributed by atoms with E-state index in [1.165, 1.54) is 25.0 Å². The molecule has 21 heavy (non-hydrogen) atoms. The zero-order valence-electron chi connectivity index (χ0n) is 13.1. The number of fused-ring (bicyclic) bond motifs is 5. The van der Waals surface area contributed by atoms with Crippen molar-refractivity contribution in [2.75, 3.05) is 0 Å². The first-order chi connectivity index (χ1) is 10.2. The van der Waals surface area contributed by atoms with Gasteiger partial charge in [-0.15, -0.1) is 0 Å². The second-order valence-corrected chi connectivity index (χ2v) is 7.69. The van der Waals surface area contributed by atoms with Crippen LogP contribution in [0.3, 0.4) is 0 Å². The van der Waals surface area contributed by atoms with E-state index in [0.717, 1.165) is 59.7 Å². The van der Waals surface area contributed by atoms with Crippen LogP contribution in [0.15, 0.2) is 0 Å². The maximum atomic E-state index is 6.60. The fourth-order valence-electron chi connectivity index (χ4n) is 5.54. The Labute approximate surface area is 132 Å². The SMILES string of the molecule is CCc1nn(CC)c(CC(N)C2C3C4CCC(C4)C23)c1Cl. The first-order valence-electron chi connectivity index (χ1n) is 8.65. The van der Waals surface area contributed by atoms with Gasteiger partial charge in [0.2, 0.25) is 0 Å². The molecule has 0 amide bonds. The molecule has 0 radical (unpaired) electrons. The number of nitrogens with two attached hydrogens (primary N) is 1. The maximum absolute atomic E-state index is 6.60. The number of hydrogen-bond acceptors (Lipinski definition) is 2. The molecule has 3 saturated carbocycles. The van der Waals surface area contributed by atoms with Gasteiger partial charge in [0.25, 0.3) is 0 Å². The minimum absolute atomic E-state index is 0.271. The van der Waals surface area contributed by atoms with Crippen molar-refractivity contribution in [1.29, 1.82) is 0 Å². The van der Waals surface area contributed by atoms with Crippen LogP contribution in [0.4, 0.5) is 0 Å². The highest BCUT2D eigenvalue weighted by molar-refractivity contribution is 6.31.